The minimum Gasteiger partial charge on any atom is -0.444 e. The minimum absolute atomic E-state index is 0.0257. The van der Waals surface area contributed by atoms with Gasteiger partial charge in [0.2, 0.25) is 0 Å². The lowest BCUT2D eigenvalue weighted by Gasteiger charge is -2.63. The van der Waals surface area contributed by atoms with E-state index in [9.17, 15) is 27.2 Å². The fourth-order valence-corrected chi connectivity index (χ4v) is 8.74. The van der Waals surface area contributed by atoms with Crippen LogP contribution in [0.25, 0.3) is 0 Å². The zero-order valence-corrected chi connectivity index (χ0v) is 26.2. The van der Waals surface area contributed by atoms with Crippen molar-refractivity contribution in [2.75, 3.05) is 26.4 Å². The molecule has 1 amide bonds. The number of amides is 1. The molecule has 8 nitrogen and oxygen atoms in total. The van der Waals surface area contributed by atoms with Crippen molar-refractivity contribution in [3.63, 3.8) is 0 Å². The summed E-state index contributed by atoms with van der Waals surface area (Å²) in [5.74, 6) is -1.31. The normalized spacial score (nSPS) is 34.6. The Morgan fingerprint density at radius 3 is 2.47 bits per heavy atom. The maximum atomic E-state index is 13.8. The molecule has 0 spiro atoms. The molecule has 0 bridgehead atoms. The molecule has 3 fully saturated rings. The number of benzene rings is 1. The first-order valence-electron chi connectivity index (χ1n) is 15.7. The summed E-state index contributed by atoms with van der Waals surface area (Å²) in [6.45, 7) is 10.0. The fraction of sp³-hybridized carbons (Fsp3) is 0.697. The Hall–Kier alpha value is -2.86. The Balaban J connectivity index is 1.39. The summed E-state index contributed by atoms with van der Waals surface area (Å²) in [7, 11) is 0. The lowest BCUT2D eigenvalue weighted by Crippen LogP contribution is -2.70. The third-order valence-corrected chi connectivity index (χ3v) is 10.5. The number of rotatable bonds is 4. The minimum atomic E-state index is -4.75. The topological polar surface area (TPSA) is 83.5 Å². The van der Waals surface area contributed by atoms with Crippen molar-refractivity contribution in [3.05, 3.63) is 46.3 Å². The van der Waals surface area contributed by atoms with Gasteiger partial charge in [0.15, 0.2) is 6.29 Å². The molecule has 1 aromatic carbocycles. The van der Waals surface area contributed by atoms with E-state index in [0.29, 0.717) is 19.0 Å². The molecular formula is C33H41F4NO7. The van der Waals surface area contributed by atoms with Crippen molar-refractivity contribution in [1.29, 1.82) is 0 Å². The first-order valence-corrected chi connectivity index (χ1v) is 15.7. The van der Waals surface area contributed by atoms with E-state index in [1.807, 2.05) is 27.7 Å². The monoisotopic (exact) mass is 639 g/mol. The Kier molecular flexibility index (Phi) is 8.16. The quantitative estimate of drug-likeness (QED) is 0.197. The van der Waals surface area contributed by atoms with Gasteiger partial charge in [-0.15, -0.1) is 0 Å². The van der Waals surface area contributed by atoms with Gasteiger partial charge in [0, 0.05) is 30.2 Å². The summed E-state index contributed by atoms with van der Waals surface area (Å²) in [5.41, 5.74) is -0.453. The molecule has 2 aliphatic carbocycles. The molecule has 3 aliphatic heterocycles. The lowest BCUT2D eigenvalue weighted by atomic mass is 9.50. The van der Waals surface area contributed by atoms with Gasteiger partial charge in [-0.2, -0.15) is 13.2 Å². The van der Waals surface area contributed by atoms with Crippen molar-refractivity contribution in [3.8, 4) is 0 Å². The maximum Gasteiger partial charge on any atom is 0.508 e. The first kappa shape index (κ1) is 32.1. The number of hydrogen-bond acceptors (Lipinski definition) is 7. The van der Waals surface area contributed by atoms with Gasteiger partial charge in [-0.25, -0.2) is 14.0 Å². The molecule has 0 N–H and O–H groups in total. The van der Waals surface area contributed by atoms with Crippen molar-refractivity contribution in [2.45, 2.75) is 84.1 Å². The third-order valence-electron chi connectivity index (χ3n) is 10.5. The van der Waals surface area contributed by atoms with Gasteiger partial charge in [0.25, 0.3) is 0 Å². The number of carbonyl (C=O) groups excluding carboxylic acids is 2. The van der Waals surface area contributed by atoms with Crippen LogP contribution in [-0.4, -0.2) is 60.9 Å². The summed E-state index contributed by atoms with van der Waals surface area (Å²) in [6.07, 6.45) is -4.61. The van der Waals surface area contributed by atoms with Crippen LogP contribution in [0, 0.1) is 41.3 Å². The second kappa shape index (κ2) is 11.4. The van der Waals surface area contributed by atoms with Crippen LogP contribution in [-0.2, 0) is 36.5 Å². The average Bonchev–Trinajstić information content (AvgIpc) is 3.15. The van der Waals surface area contributed by atoms with E-state index in [2.05, 4.69) is 6.92 Å². The molecule has 12 heteroatoms. The zero-order chi connectivity index (χ0) is 32.5. The van der Waals surface area contributed by atoms with Crippen molar-refractivity contribution >= 4 is 12.2 Å². The van der Waals surface area contributed by atoms with E-state index in [1.165, 1.54) is 5.57 Å². The number of ether oxygens (including phenoxy) is 5. The summed E-state index contributed by atoms with van der Waals surface area (Å²) < 4.78 is 84.3. The number of hydrogen-bond donors (Lipinski definition) is 0. The predicted molar refractivity (Wildman–Crippen MR) is 152 cm³/mol. The Morgan fingerprint density at radius 2 is 1.80 bits per heavy atom. The van der Waals surface area contributed by atoms with Crippen LogP contribution in [0.5, 0.6) is 0 Å². The van der Waals surface area contributed by atoms with Gasteiger partial charge in [-0.1, -0.05) is 18.6 Å². The van der Waals surface area contributed by atoms with Gasteiger partial charge < -0.3 is 23.7 Å². The van der Waals surface area contributed by atoms with E-state index in [-0.39, 0.29) is 60.9 Å². The standard InChI is InChI=1S/C33H41F4NO7/c1-6-19-22-12-38(29(39)45-31(2,3)4)32(5)16-44-28(41-13-17-7-8-18(34)11-25(17)33(35,36)37)21-10-9-20(26(22)27(21)32)24-15-43-30(40)42-14-23(19)24/h7-8,11,19-21,23-24,27-28H,6,9-10,12-16H2,1-5H3/t19-,20?,21+,23?,24?,27+,28?,32+/m0/s1. The summed E-state index contributed by atoms with van der Waals surface area (Å²) in [5, 5.41) is 0. The Labute approximate surface area is 260 Å². The number of alkyl halides is 3. The molecule has 6 rings (SSSR count). The van der Waals surface area contributed by atoms with E-state index >= 15 is 0 Å². The van der Waals surface area contributed by atoms with Crippen molar-refractivity contribution < 1.29 is 50.8 Å². The van der Waals surface area contributed by atoms with Crippen molar-refractivity contribution in [1.82, 2.24) is 4.90 Å². The Morgan fingerprint density at radius 1 is 1.09 bits per heavy atom. The molecular weight excluding hydrogens is 598 g/mol. The van der Waals surface area contributed by atoms with Gasteiger partial charge in [0.05, 0.1) is 37.5 Å². The predicted octanol–water partition coefficient (Wildman–Crippen LogP) is 7.10. The average molecular weight is 640 g/mol. The third kappa shape index (κ3) is 5.70. The summed E-state index contributed by atoms with van der Waals surface area (Å²) in [4.78, 5) is 27.8. The van der Waals surface area contributed by atoms with Crippen molar-refractivity contribution in [2.24, 2.45) is 35.5 Å². The van der Waals surface area contributed by atoms with Gasteiger partial charge in [-0.3, -0.25) is 4.90 Å². The van der Waals surface area contributed by atoms with E-state index < -0.39 is 53.8 Å². The van der Waals surface area contributed by atoms with Crippen LogP contribution in [0.2, 0.25) is 0 Å². The van der Waals surface area contributed by atoms with Crippen LogP contribution >= 0.6 is 0 Å². The van der Waals surface area contributed by atoms with E-state index in [1.54, 1.807) is 4.90 Å². The van der Waals surface area contributed by atoms with Crippen LogP contribution < -0.4 is 0 Å². The number of halogens is 4. The highest BCUT2D eigenvalue weighted by atomic mass is 19.4. The lowest BCUT2D eigenvalue weighted by molar-refractivity contribution is -0.255. The van der Waals surface area contributed by atoms with Crippen LogP contribution in [0.15, 0.2) is 29.3 Å². The van der Waals surface area contributed by atoms with Gasteiger partial charge >= 0.3 is 18.4 Å². The molecule has 0 radical (unpaired) electrons. The van der Waals surface area contributed by atoms with E-state index in [4.69, 9.17) is 23.7 Å². The molecule has 45 heavy (non-hydrogen) atoms. The zero-order valence-electron chi connectivity index (χ0n) is 26.2. The number of fused-ring (bicyclic) bond motifs is 2. The van der Waals surface area contributed by atoms with Gasteiger partial charge in [0.1, 0.15) is 11.4 Å². The maximum absolute atomic E-state index is 13.8. The highest BCUT2D eigenvalue weighted by molar-refractivity contribution is 5.71. The highest BCUT2D eigenvalue weighted by Gasteiger charge is 2.63. The molecule has 5 aliphatic rings. The fourth-order valence-electron chi connectivity index (χ4n) is 8.74. The number of nitrogens with zero attached hydrogens (tertiary/aromatic N) is 1. The van der Waals surface area contributed by atoms with Crippen LogP contribution in [0.1, 0.15) is 65.0 Å². The highest BCUT2D eigenvalue weighted by Crippen LogP contribution is 2.61. The molecule has 2 saturated heterocycles. The first-order chi connectivity index (χ1) is 21.1. The molecule has 1 saturated carbocycles. The molecule has 0 aromatic heterocycles. The SMILES string of the molecule is CC[C@H]1C2=C3C(CC[C@H]4C(OCc5ccc(F)cc5C(F)(F)F)OC[C@](C)([C@@H]34)N(C(=O)OC(C)(C)C)C2)C2COC(=O)OCC21. The second-order valence-electron chi connectivity index (χ2n) is 14.2. The molecule has 4 unspecified atom stereocenters. The Bertz CT molecular complexity index is 1370. The molecule has 8 atom stereocenters. The molecule has 1 aromatic rings. The molecule has 248 valence electrons. The van der Waals surface area contributed by atoms with Gasteiger partial charge in [-0.05, 0) is 82.1 Å². The summed E-state index contributed by atoms with van der Waals surface area (Å²) in [6, 6.07) is 2.56. The largest absolute Gasteiger partial charge is 0.508 e. The number of cyclic esters (lactones) is 2. The van der Waals surface area contributed by atoms with Crippen LogP contribution in [0.4, 0.5) is 27.2 Å². The smallest absolute Gasteiger partial charge is 0.444 e. The van der Waals surface area contributed by atoms with E-state index in [0.717, 1.165) is 30.5 Å². The van der Waals surface area contributed by atoms with Crippen LogP contribution in [0.3, 0.4) is 0 Å². The molecule has 3 heterocycles. The summed E-state index contributed by atoms with van der Waals surface area (Å²) >= 11 is 0. The second-order valence-corrected chi connectivity index (χ2v) is 14.2. The number of carbonyl (C=O) groups is 2.